The molecular formula is C12H15N3. The predicted octanol–water partition coefficient (Wildman–Crippen LogP) is 2.10. The fourth-order valence-corrected chi connectivity index (χ4v) is 1.69. The van der Waals surface area contributed by atoms with Crippen molar-refractivity contribution in [2.75, 3.05) is 7.05 Å². The molecule has 2 rings (SSSR count). The van der Waals surface area contributed by atoms with Gasteiger partial charge >= 0.3 is 0 Å². The number of hydrogen-bond acceptors (Lipinski definition) is 2. The second-order valence-corrected chi connectivity index (χ2v) is 3.67. The molecule has 2 N–H and O–H groups in total. The van der Waals surface area contributed by atoms with E-state index in [1.807, 2.05) is 13.2 Å². The number of hydrogen-bond donors (Lipinski definition) is 2. The molecule has 3 nitrogen and oxygen atoms in total. The molecule has 0 aliphatic rings. The molecule has 0 amide bonds. The van der Waals surface area contributed by atoms with E-state index >= 15 is 0 Å². The lowest BCUT2D eigenvalue weighted by Gasteiger charge is -2.03. The number of aromatic amines is 1. The summed E-state index contributed by atoms with van der Waals surface area (Å²) in [6.45, 7) is 2.93. The van der Waals surface area contributed by atoms with Crippen LogP contribution in [0.15, 0.2) is 30.5 Å². The summed E-state index contributed by atoms with van der Waals surface area (Å²) in [4.78, 5) is 0. The van der Waals surface area contributed by atoms with Gasteiger partial charge in [-0.05, 0) is 20.0 Å². The molecule has 0 bridgehead atoms. The third-order valence-corrected chi connectivity index (χ3v) is 2.39. The first-order chi connectivity index (χ1) is 7.31. The summed E-state index contributed by atoms with van der Waals surface area (Å²) in [7, 11) is 1.94. The van der Waals surface area contributed by atoms with Crippen LogP contribution in [0.5, 0.6) is 0 Å². The number of nitrogens with zero attached hydrogens (tertiary/aromatic N) is 1. The maximum absolute atomic E-state index is 4.08. The summed E-state index contributed by atoms with van der Waals surface area (Å²) < 4.78 is 0. The molecule has 1 aromatic carbocycles. The summed E-state index contributed by atoms with van der Waals surface area (Å²) in [5.41, 5.74) is 4.76. The van der Waals surface area contributed by atoms with Crippen LogP contribution in [0.3, 0.4) is 0 Å². The largest absolute Gasteiger partial charge is 0.316 e. The molecule has 1 heterocycles. The van der Waals surface area contributed by atoms with Crippen molar-refractivity contribution < 1.29 is 0 Å². The summed E-state index contributed by atoms with van der Waals surface area (Å²) >= 11 is 0. The molecule has 0 saturated heterocycles. The Bertz CT molecular complexity index is 446. The molecule has 2 aromatic rings. The maximum Gasteiger partial charge on any atom is 0.0695 e. The molecule has 0 aliphatic heterocycles. The van der Waals surface area contributed by atoms with Gasteiger partial charge in [-0.25, -0.2) is 0 Å². The van der Waals surface area contributed by atoms with Crippen LogP contribution in [0.25, 0.3) is 11.3 Å². The van der Waals surface area contributed by atoms with Crippen molar-refractivity contribution in [2.24, 2.45) is 0 Å². The first-order valence-electron chi connectivity index (χ1n) is 5.05. The summed E-state index contributed by atoms with van der Waals surface area (Å²) in [6.07, 6.45) is 1.87. The van der Waals surface area contributed by atoms with Gasteiger partial charge in [-0.15, -0.1) is 0 Å². The van der Waals surface area contributed by atoms with Crippen LogP contribution < -0.4 is 5.32 Å². The minimum absolute atomic E-state index is 0.833. The Labute approximate surface area is 89.5 Å². The zero-order chi connectivity index (χ0) is 10.7. The molecule has 0 fully saturated rings. The van der Waals surface area contributed by atoms with Gasteiger partial charge in [-0.3, -0.25) is 5.10 Å². The van der Waals surface area contributed by atoms with Gasteiger partial charge in [0.05, 0.1) is 11.9 Å². The van der Waals surface area contributed by atoms with Crippen LogP contribution in [0, 0.1) is 6.92 Å². The van der Waals surface area contributed by atoms with Crippen LogP contribution >= 0.6 is 0 Å². The van der Waals surface area contributed by atoms with Gasteiger partial charge in [-0.1, -0.05) is 23.8 Å². The van der Waals surface area contributed by atoms with Crippen molar-refractivity contribution in [1.82, 2.24) is 15.5 Å². The van der Waals surface area contributed by atoms with E-state index in [4.69, 9.17) is 0 Å². The number of rotatable bonds is 3. The van der Waals surface area contributed by atoms with Crippen LogP contribution in [0.1, 0.15) is 11.1 Å². The summed E-state index contributed by atoms with van der Waals surface area (Å²) in [6, 6.07) is 8.42. The normalized spacial score (nSPS) is 10.5. The molecule has 0 atom stereocenters. The van der Waals surface area contributed by atoms with E-state index in [1.54, 1.807) is 0 Å². The Morgan fingerprint density at radius 3 is 3.00 bits per heavy atom. The first kappa shape index (κ1) is 9.93. The number of H-pyrrole nitrogens is 1. The molecule has 0 spiro atoms. The van der Waals surface area contributed by atoms with E-state index in [1.165, 1.54) is 16.7 Å². The average Bonchev–Trinajstić information content (AvgIpc) is 2.66. The molecule has 0 saturated carbocycles. The Balaban J connectivity index is 2.40. The second-order valence-electron chi connectivity index (χ2n) is 3.67. The number of aromatic nitrogens is 2. The lowest BCUT2D eigenvalue weighted by molar-refractivity contribution is 0.820. The molecule has 15 heavy (non-hydrogen) atoms. The van der Waals surface area contributed by atoms with Crippen molar-refractivity contribution >= 4 is 0 Å². The van der Waals surface area contributed by atoms with Crippen LogP contribution in [-0.4, -0.2) is 17.2 Å². The van der Waals surface area contributed by atoms with Gasteiger partial charge in [0.1, 0.15) is 0 Å². The molecule has 0 aliphatic carbocycles. The van der Waals surface area contributed by atoms with E-state index < -0.39 is 0 Å². The minimum Gasteiger partial charge on any atom is -0.316 e. The zero-order valence-corrected chi connectivity index (χ0v) is 9.04. The topological polar surface area (TPSA) is 40.7 Å². The minimum atomic E-state index is 0.833. The molecule has 0 radical (unpaired) electrons. The van der Waals surface area contributed by atoms with E-state index in [0.717, 1.165) is 12.2 Å². The van der Waals surface area contributed by atoms with Crippen LogP contribution in [0.4, 0.5) is 0 Å². The molecule has 78 valence electrons. The highest BCUT2D eigenvalue weighted by Gasteiger charge is 2.06. The van der Waals surface area contributed by atoms with Crippen molar-refractivity contribution in [1.29, 1.82) is 0 Å². The van der Waals surface area contributed by atoms with Crippen molar-refractivity contribution in [2.45, 2.75) is 13.5 Å². The van der Waals surface area contributed by atoms with Gasteiger partial charge in [0, 0.05) is 17.7 Å². The number of benzene rings is 1. The standard InChI is InChI=1S/C12H15N3/c1-9-4-3-5-10(6-9)12-11(7-13-2)8-14-15-12/h3-6,8,13H,7H2,1-2H3,(H,14,15). The first-order valence-corrected chi connectivity index (χ1v) is 5.05. The van der Waals surface area contributed by atoms with E-state index in [-0.39, 0.29) is 0 Å². The molecular weight excluding hydrogens is 186 g/mol. The molecule has 3 heteroatoms. The SMILES string of the molecule is CNCc1cn[nH]c1-c1cccc(C)c1. The lowest BCUT2D eigenvalue weighted by atomic mass is 10.1. The fourth-order valence-electron chi connectivity index (χ4n) is 1.69. The zero-order valence-electron chi connectivity index (χ0n) is 9.04. The second kappa shape index (κ2) is 4.28. The molecule has 0 unspecified atom stereocenters. The highest BCUT2D eigenvalue weighted by atomic mass is 15.1. The van der Waals surface area contributed by atoms with E-state index in [9.17, 15) is 0 Å². The fraction of sp³-hybridized carbons (Fsp3) is 0.250. The Kier molecular flexibility index (Phi) is 2.83. The van der Waals surface area contributed by atoms with Crippen LogP contribution in [0.2, 0.25) is 0 Å². The van der Waals surface area contributed by atoms with Gasteiger partial charge in [0.2, 0.25) is 0 Å². The highest BCUT2D eigenvalue weighted by molar-refractivity contribution is 5.63. The van der Waals surface area contributed by atoms with Crippen LogP contribution in [-0.2, 0) is 6.54 Å². The van der Waals surface area contributed by atoms with Gasteiger partial charge in [0.25, 0.3) is 0 Å². The van der Waals surface area contributed by atoms with Crippen molar-refractivity contribution in [3.63, 3.8) is 0 Å². The Morgan fingerprint density at radius 2 is 2.27 bits per heavy atom. The van der Waals surface area contributed by atoms with E-state index in [2.05, 4.69) is 46.7 Å². The monoisotopic (exact) mass is 201 g/mol. The smallest absolute Gasteiger partial charge is 0.0695 e. The summed E-state index contributed by atoms with van der Waals surface area (Å²) in [5.74, 6) is 0. The van der Waals surface area contributed by atoms with E-state index in [0.29, 0.717) is 0 Å². The van der Waals surface area contributed by atoms with Gasteiger partial charge in [0.15, 0.2) is 0 Å². The predicted molar refractivity (Wildman–Crippen MR) is 61.5 cm³/mol. The Morgan fingerprint density at radius 1 is 1.40 bits per heavy atom. The lowest BCUT2D eigenvalue weighted by Crippen LogP contribution is -2.05. The highest BCUT2D eigenvalue weighted by Crippen LogP contribution is 2.21. The summed E-state index contributed by atoms with van der Waals surface area (Å²) in [5, 5.41) is 10.3. The molecule has 1 aromatic heterocycles. The number of nitrogens with one attached hydrogen (secondary N) is 2. The maximum atomic E-state index is 4.08. The van der Waals surface area contributed by atoms with Gasteiger partial charge in [-0.2, -0.15) is 5.10 Å². The number of aryl methyl sites for hydroxylation is 1. The average molecular weight is 201 g/mol. The quantitative estimate of drug-likeness (QED) is 0.798. The van der Waals surface area contributed by atoms with Crippen molar-refractivity contribution in [3.05, 3.63) is 41.6 Å². The third kappa shape index (κ3) is 2.07. The third-order valence-electron chi connectivity index (χ3n) is 2.39. The Hall–Kier alpha value is -1.61. The van der Waals surface area contributed by atoms with Crippen molar-refractivity contribution in [3.8, 4) is 11.3 Å². The van der Waals surface area contributed by atoms with Gasteiger partial charge < -0.3 is 5.32 Å².